The molecule has 0 spiro atoms. The van der Waals surface area contributed by atoms with E-state index >= 15 is 0 Å². The SMILES string of the molecule is S=c1[nH]c(Cl)cc(Cl)[n+]1[S-]. The molecule has 54 valence electrons. The molecule has 1 heterocycles. The molecule has 0 aliphatic heterocycles. The highest BCUT2D eigenvalue weighted by Crippen LogP contribution is 2.07. The Morgan fingerprint density at radius 1 is 1.60 bits per heavy atom. The van der Waals surface area contributed by atoms with Crippen molar-refractivity contribution >= 4 is 48.2 Å². The lowest BCUT2D eigenvalue weighted by Crippen LogP contribution is -2.30. The van der Waals surface area contributed by atoms with Crippen LogP contribution in [0.1, 0.15) is 0 Å². The molecule has 1 aromatic heterocycles. The average Bonchev–Trinajstić information content (AvgIpc) is 1.82. The summed E-state index contributed by atoms with van der Waals surface area (Å²) >= 11 is 20.7. The van der Waals surface area contributed by atoms with Gasteiger partial charge in [0.05, 0.1) is 6.07 Å². The lowest BCUT2D eigenvalue weighted by molar-refractivity contribution is -0.502. The Labute approximate surface area is 78.3 Å². The molecule has 0 aliphatic rings. The first-order valence-electron chi connectivity index (χ1n) is 2.29. The van der Waals surface area contributed by atoms with E-state index in [-0.39, 0.29) is 0 Å². The highest BCUT2D eigenvalue weighted by atomic mass is 35.5. The van der Waals surface area contributed by atoms with Gasteiger partial charge in [0.15, 0.2) is 10.3 Å². The number of rotatable bonds is 0. The van der Waals surface area contributed by atoms with Crippen LogP contribution in [-0.2, 0) is 12.8 Å². The van der Waals surface area contributed by atoms with Gasteiger partial charge in [0.2, 0.25) is 0 Å². The summed E-state index contributed by atoms with van der Waals surface area (Å²) in [5, 5.41) is 0.722. The Balaban J connectivity index is 3.46. The van der Waals surface area contributed by atoms with Gasteiger partial charge in [0, 0.05) is 12.2 Å². The topological polar surface area (TPSA) is 19.7 Å². The van der Waals surface area contributed by atoms with Gasteiger partial charge in [-0.05, 0) is 23.2 Å². The van der Waals surface area contributed by atoms with E-state index in [1.807, 2.05) is 0 Å². The molecule has 10 heavy (non-hydrogen) atoms. The number of aromatic amines is 1. The van der Waals surface area contributed by atoms with E-state index in [4.69, 9.17) is 48.2 Å². The van der Waals surface area contributed by atoms with E-state index in [9.17, 15) is 0 Å². The summed E-state index contributed by atoms with van der Waals surface area (Å²) in [4.78, 5) is 2.63. The molecular weight excluding hydrogens is 211 g/mol. The maximum absolute atomic E-state index is 5.61. The molecule has 0 fully saturated rings. The number of nitrogens with zero attached hydrogens (tertiary/aromatic N) is 1. The zero-order valence-corrected chi connectivity index (χ0v) is 7.74. The van der Waals surface area contributed by atoms with Crippen LogP contribution in [0.2, 0.25) is 10.3 Å². The summed E-state index contributed by atoms with van der Waals surface area (Å²) in [5.74, 6) is 0. The molecule has 1 N–H and O–H groups in total. The summed E-state index contributed by atoms with van der Waals surface area (Å²) < 4.78 is 1.54. The fourth-order valence-electron chi connectivity index (χ4n) is 0.449. The Kier molecular flexibility index (Phi) is 2.46. The Morgan fingerprint density at radius 2 is 2.20 bits per heavy atom. The van der Waals surface area contributed by atoms with Gasteiger partial charge in [-0.1, -0.05) is 0 Å². The zero-order chi connectivity index (χ0) is 7.72. The van der Waals surface area contributed by atoms with Crippen LogP contribution >= 0.6 is 35.4 Å². The molecule has 6 heteroatoms. The van der Waals surface area contributed by atoms with Gasteiger partial charge in [-0.25, -0.2) is 4.98 Å². The van der Waals surface area contributed by atoms with Crippen molar-refractivity contribution in [2.24, 2.45) is 0 Å². The molecular formula is C4H2Cl2N2S2. The van der Waals surface area contributed by atoms with Gasteiger partial charge < -0.3 is 16.8 Å². The van der Waals surface area contributed by atoms with Crippen molar-refractivity contribution in [1.82, 2.24) is 4.98 Å². The number of hydrogen-bond donors (Lipinski definition) is 1. The van der Waals surface area contributed by atoms with Crippen LogP contribution in [0.15, 0.2) is 6.07 Å². The van der Waals surface area contributed by atoms with Crippen molar-refractivity contribution in [3.05, 3.63) is 21.1 Å². The van der Waals surface area contributed by atoms with Crippen molar-refractivity contribution in [2.75, 3.05) is 0 Å². The van der Waals surface area contributed by atoms with Crippen molar-refractivity contribution in [2.45, 2.75) is 0 Å². The smallest absolute Gasteiger partial charge is 0.333 e. The first-order chi connectivity index (χ1) is 4.61. The summed E-state index contributed by atoms with van der Waals surface area (Å²) in [5.41, 5.74) is 0. The van der Waals surface area contributed by atoms with Crippen LogP contribution in [0, 0.1) is 4.77 Å². The number of aromatic nitrogens is 2. The third-order valence-electron chi connectivity index (χ3n) is 0.851. The van der Waals surface area contributed by atoms with Gasteiger partial charge in [0.25, 0.3) is 0 Å². The molecule has 0 aliphatic carbocycles. The highest BCUT2D eigenvalue weighted by molar-refractivity contribution is 7.71. The van der Waals surface area contributed by atoms with E-state index in [0.29, 0.717) is 15.1 Å². The number of halogens is 2. The minimum Gasteiger partial charge on any atom is -0.552 e. The summed E-state index contributed by atoms with van der Waals surface area (Å²) in [6.07, 6.45) is 0. The second kappa shape index (κ2) is 3.00. The molecule has 0 amide bonds. The summed E-state index contributed by atoms with van der Waals surface area (Å²) in [6.45, 7) is 0. The van der Waals surface area contributed by atoms with Crippen LogP contribution in [0.5, 0.6) is 0 Å². The van der Waals surface area contributed by atoms with E-state index in [1.54, 1.807) is 0 Å². The standard InChI is InChI=1S/C4H2Cl2N2S2/c5-2-1-3(6)8(10)4(9)7-2/h1H,(H,7,9). The lowest BCUT2D eigenvalue weighted by atomic mass is 10.7. The fraction of sp³-hybridized carbons (Fsp3) is 0. The number of nitrogens with one attached hydrogen (secondary N) is 1. The van der Waals surface area contributed by atoms with Gasteiger partial charge >= 0.3 is 4.77 Å². The van der Waals surface area contributed by atoms with Gasteiger partial charge in [0.1, 0.15) is 0 Å². The Hall–Kier alpha value is 0.1000. The maximum Gasteiger partial charge on any atom is 0.333 e. The molecule has 0 saturated carbocycles. The first-order valence-corrected chi connectivity index (χ1v) is 3.82. The predicted molar refractivity (Wildman–Crippen MR) is 44.6 cm³/mol. The van der Waals surface area contributed by atoms with Crippen molar-refractivity contribution < 1.29 is 3.97 Å². The van der Waals surface area contributed by atoms with Crippen molar-refractivity contribution in [3.8, 4) is 0 Å². The lowest BCUT2D eigenvalue weighted by Gasteiger charge is -2.02. The van der Waals surface area contributed by atoms with Crippen LogP contribution in [0.4, 0.5) is 0 Å². The van der Waals surface area contributed by atoms with Crippen LogP contribution < -0.4 is 3.97 Å². The first kappa shape index (κ1) is 8.20. The quantitative estimate of drug-likeness (QED) is 0.306. The van der Waals surface area contributed by atoms with E-state index in [2.05, 4.69) is 4.98 Å². The van der Waals surface area contributed by atoms with Crippen molar-refractivity contribution in [1.29, 1.82) is 0 Å². The Morgan fingerprint density at radius 3 is 2.70 bits per heavy atom. The molecule has 0 saturated heterocycles. The predicted octanol–water partition coefficient (Wildman–Crippen LogP) is 1.65. The summed E-state index contributed by atoms with van der Waals surface area (Å²) in [7, 11) is 0. The molecule has 2 nitrogen and oxygen atoms in total. The van der Waals surface area contributed by atoms with Crippen LogP contribution in [0.3, 0.4) is 0 Å². The van der Waals surface area contributed by atoms with Gasteiger partial charge in [-0.3, -0.25) is 0 Å². The molecule has 1 aromatic rings. The minimum atomic E-state index is 0.326. The van der Waals surface area contributed by atoms with Crippen LogP contribution in [-0.4, -0.2) is 4.98 Å². The molecule has 1 rings (SSSR count). The third-order valence-corrected chi connectivity index (χ3v) is 2.21. The van der Waals surface area contributed by atoms with E-state index < -0.39 is 0 Å². The van der Waals surface area contributed by atoms with E-state index in [1.165, 1.54) is 10.0 Å². The molecule has 0 unspecified atom stereocenters. The van der Waals surface area contributed by atoms with Gasteiger partial charge in [-0.15, -0.1) is 0 Å². The largest absolute Gasteiger partial charge is 0.552 e. The second-order valence-electron chi connectivity index (χ2n) is 1.54. The number of hydrogen-bond acceptors (Lipinski definition) is 2. The third kappa shape index (κ3) is 1.58. The molecule has 0 bridgehead atoms. The highest BCUT2D eigenvalue weighted by Gasteiger charge is 1.99. The monoisotopic (exact) mass is 212 g/mol. The second-order valence-corrected chi connectivity index (χ2v) is 3.09. The van der Waals surface area contributed by atoms with Crippen molar-refractivity contribution in [3.63, 3.8) is 0 Å². The zero-order valence-electron chi connectivity index (χ0n) is 4.60. The Bertz CT molecular complexity index is 309. The minimum absolute atomic E-state index is 0.326. The van der Waals surface area contributed by atoms with E-state index in [0.717, 1.165) is 0 Å². The maximum atomic E-state index is 5.61. The number of H-pyrrole nitrogens is 1. The molecule has 0 aromatic carbocycles. The average molecular weight is 213 g/mol. The van der Waals surface area contributed by atoms with Crippen LogP contribution in [0.25, 0.3) is 0 Å². The normalized spacial score (nSPS) is 9.80. The van der Waals surface area contributed by atoms with Gasteiger partial charge in [-0.2, -0.15) is 0 Å². The fourth-order valence-corrected chi connectivity index (χ4v) is 1.30. The summed E-state index contributed by atoms with van der Waals surface area (Å²) in [6, 6.07) is 1.49. The molecule has 0 radical (unpaired) electrons. The molecule has 0 atom stereocenters.